The molecule has 0 spiro atoms. The highest BCUT2D eigenvalue weighted by Crippen LogP contribution is 2.23. The molecule has 0 aliphatic heterocycles. The number of aryl methyl sites for hydroxylation is 4. The van der Waals surface area contributed by atoms with Gasteiger partial charge in [-0.15, -0.1) is 0 Å². The molecule has 0 saturated heterocycles. The quantitative estimate of drug-likeness (QED) is 0.787. The van der Waals surface area contributed by atoms with Crippen LogP contribution in [-0.2, 0) is 26.4 Å². The van der Waals surface area contributed by atoms with Crippen LogP contribution in [0.4, 0.5) is 0 Å². The minimum absolute atomic E-state index is 0.0882. The fourth-order valence-corrected chi connectivity index (χ4v) is 2.74. The third kappa shape index (κ3) is 2.70. The number of carbonyl (C=O) groups is 1. The molecule has 0 saturated carbocycles. The number of Topliss-reactive ketones (excluding diaryl/α,β-unsaturated/α-hetero) is 1. The van der Waals surface area contributed by atoms with Crippen LogP contribution in [0, 0.1) is 6.92 Å². The van der Waals surface area contributed by atoms with Crippen LogP contribution >= 0.6 is 15.9 Å². The summed E-state index contributed by atoms with van der Waals surface area (Å²) in [7, 11) is 1.84. The van der Waals surface area contributed by atoms with Crippen molar-refractivity contribution in [3.63, 3.8) is 0 Å². The largest absolute Gasteiger partial charge is 0.294 e. The maximum Gasteiger partial charge on any atom is 0.172 e. The van der Waals surface area contributed by atoms with E-state index < -0.39 is 0 Å². The number of aromatic nitrogens is 4. The second-order valence-corrected chi connectivity index (χ2v) is 5.57. The topological polar surface area (TPSA) is 52.7 Å². The van der Waals surface area contributed by atoms with Gasteiger partial charge in [-0.2, -0.15) is 10.2 Å². The molecule has 108 valence electrons. The lowest BCUT2D eigenvalue weighted by Crippen LogP contribution is -2.11. The molecule has 2 heterocycles. The van der Waals surface area contributed by atoms with Crippen molar-refractivity contribution < 1.29 is 4.79 Å². The Balaban J connectivity index is 2.32. The van der Waals surface area contributed by atoms with Gasteiger partial charge < -0.3 is 0 Å². The van der Waals surface area contributed by atoms with Crippen molar-refractivity contribution in [2.24, 2.45) is 7.05 Å². The van der Waals surface area contributed by atoms with E-state index in [2.05, 4.69) is 26.1 Å². The second kappa shape index (κ2) is 5.91. The Morgan fingerprint density at radius 2 is 2.05 bits per heavy atom. The van der Waals surface area contributed by atoms with Crippen LogP contribution in [0.25, 0.3) is 0 Å². The van der Waals surface area contributed by atoms with E-state index in [4.69, 9.17) is 0 Å². The number of rotatable bonds is 5. The first-order valence-corrected chi connectivity index (χ1v) is 7.54. The highest BCUT2D eigenvalue weighted by molar-refractivity contribution is 9.10. The van der Waals surface area contributed by atoms with E-state index in [1.807, 2.05) is 32.5 Å². The lowest BCUT2D eigenvalue weighted by molar-refractivity contribution is 0.0989. The third-order valence-electron chi connectivity index (χ3n) is 3.32. The first-order chi connectivity index (χ1) is 9.47. The van der Waals surface area contributed by atoms with E-state index in [0.717, 1.165) is 34.5 Å². The van der Waals surface area contributed by atoms with Crippen molar-refractivity contribution >= 4 is 21.7 Å². The van der Waals surface area contributed by atoms with Gasteiger partial charge in [-0.3, -0.25) is 14.2 Å². The van der Waals surface area contributed by atoms with E-state index in [1.54, 1.807) is 10.9 Å². The predicted molar refractivity (Wildman–Crippen MR) is 81.0 cm³/mol. The Bertz CT molecular complexity index is 642. The number of hydrogen-bond donors (Lipinski definition) is 0. The van der Waals surface area contributed by atoms with E-state index in [9.17, 15) is 4.79 Å². The summed E-state index contributed by atoms with van der Waals surface area (Å²) in [6.07, 6.45) is 2.90. The Labute approximate surface area is 127 Å². The van der Waals surface area contributed by atoms with Gasteiger partial charge in [0.25, 0.3) is 0 Å². The van der Waals surface area contributed by atoms with Gasteiger partial charge in [0.15, 0.2) is 5.78 Å². The molecule has 0 unspecified atom stereocenters. The number of ketones is 1. The first-order valence-electron chi connectivity index (χ1n) is 6.75. The molecule has 0 radical (unpaired) electrons. The van der Waals surface area contributed by atoms with E-state index >= 15 is 0 Å². The zero-order valence-electron chi connectivity index (χ0n) is 12.3. The normalized spacial score (nSPS) is 11.1. The van der Waals surface area contributed by atoms with Crippen molar-refractivity contribution in [2.45, 2.75) is 40.2 Å². The van der Waals surface area contributed by atoms with E-state index in [0.29, 0.717) is 12.0 Å². The molecular formula is C14H19BrN4O. The molecule has 2 aromatic heterocycles. The molecule has 0 amide bonds. The number of hydrogen-bond acceptors (Lipinski definition) is 3. The number of nitrogens with zero attached hydrogens (tertiary/aromatic N) is 4. The maximum absolute atomic E-state index is 12.5. The molecule has 0 aromatic carbocycles. The van der Waals surface area contributed by atoms with Gasteiger partial charge in [-0.25, -0.2) is 0 Å². The highest BCUT2D eigenvalue weighted by atomic mass is 79.9. The zero-order chi connectivity index (χ0) is 14.9. The fraction of sp³-hybridized carbons (Fsp3) is 0.500. The van der Waals surface area contributed by atoms with Crippen molar-refractivity contribution in [3.05, 3.63) is 33.3 Å². The molecule has 6 heteroatoms. The van der Waals surface area contributed by atoms with Crippen LogP contribution in [0.3, 0.4) is 0 Å². The van der Waals surface area contributed by atoms with Crippen LogP contribution in [0.5, 0.6) is 0 Å². The van der Waals surface area contributed by atoms with Gasteiger partial charge in [0, 0.05) is 19.8 Å². The van der Waals surface area contributed by atoms with E-state index in [1.165, 1.54) is 0 Å². The molecule has 2 rings (SSSR count). The molecule has 0 bridgehead atoms. The summed E-state index contributed by atoms with van der Waals surface area (Å²) in [5.74, 6) is 0.0882. The van der Waals surface area contributed by atoms with Gasteiger partial charge >= 0.3 is 0 Å². The molecule has 0 fully saturated rings. The molecule has 20 heavy (non-hydrogen) atoms. The van der Waals surface area contributed by atoms with Crippen LogP contribution in [0.15, 0.2) is 10.7 Å². The van der Waals surface area contributed by atoms with Gasteiger partial charge in [-0.1, -0.05) is 6.92 Å². The standard InChI is InChI=1S/C14H19BrN4O/c1-5-11-10(8-18(4)17-11)13(20)7-12-14(15)9(3)16-19(12)6-2/h8H,5-7H2,1-4H3. The molecule has 0 atom stereocenters. The van der Waals surface area contributed by atoms with Gasteiger partial charge in [-0.05, 0) is 36.2 Å². The number of carbonyl (C=O) groups excluding carboxylic acids is 1. The minimum Gasteiger partial charge on any atom is -0.294 e. The Hall–Kier alpha value is -1.43. The second-order valence-electron chi connectivity index (χ2n) is 4.78. The summed E-state index contributed by atoms with van der Waals surface area (Å²) < 4.78 is 4.50. The Kier molecular flexibility index (Phi) is 4.42. The first kappa shape index (κ1) is 15.0. The molecule has 0 N–H and O–H groups in total. The Morgan fingerprint density at radius 3 is 2.65 bits per heavy atom. The van der Waals surface area contributed by atoms with Crippen molar-refractivity contribution in [1.82, 2.24) is 19.6 Å². The predicted octanol–water partition coefficient (Wildman–Crippen LogP) is 2.70. The van der Waals surface area contributed by atoms with Gasteiger partial charge in [0.2, 0.25) is 0 Å². The number of halogens is 1. The van der Waals surface area contributed by atoms with Crippen molar-refractivity contribution in [3.8, 4) is 0 Å². The average molecular weight is 339 g/mol. The molecule has 0 aliphatic rings. The zero-order valence-corrected chi connectivity index (χ0v) is 13.9. The molecule has 2 aromatic rings. The molecular weight excluding hydrogens is 320 g/mol. The van der Waals surface area contributed by atoms with Gasteiger partial charge in [0.1, 0.15) is 0 Å². The summed E-state index contributed by atoms with van der Waals surface area (Å²) in [6.45, 7) is 6.72. The van der Waals surface area contributed by atoms with Crippen LogP contribution in [-0.4, -0.2) is 25.3 Å². The SMILES string of the molecule is CCc1nn(C)cc1C(=O)Cc1c(Br)c(C)nn1CC. The lowest BCUT2D eigenvalue weighted by Gasteiger charge is -2.05. The van der Waals surface area contributed by atoms with Crippen molar-refractivity contribution in [2.75, 3.05) is 0 Å². The highest BCUT2D eigenvalue weighted by Gasteiger charge is 2.20. The van der Waals surface area contributed by atoms with Crippen LogP contribution < -0.4 is 0 Å². The van der Waals surface area contributed by atoms with Crippen molar-refractivity contribution in [1.29, 1.82) is 0 Å². The minimum atomic E-state index is 0.0882. The van der Waals surface area contributed by atoms with Crippen LogP contribution in [0.2, 0.25) is 0 Å². The summed E-state index contributed by atoms with van der Waals surface area (Å²) in [6, 6.07) is 0. The Morgan fingerprint density at radius 1 is 1.35 bits per heavy atom. The summed E-state index contributed by atoms with van der Waals surface area (Å²) in [5.41, 5.74) is 3.41. The average Bonchev–Trinajstić information content (AvgIpc) is 2.93. The smallest absolute Gasteiger partial charge is 0.172 e. The summed E-state index contributed by atoms with van der Waals surface area (Å²) in [4.78, 5) is 12.5. The van der Waals surface area contributed by atoms with Crippen LogP contribution in [0.1, 0.15) is 41.3 Å². The third-order valence-corrected chi connectivity index (χ3v) is 4.35. The monoisotopic (exact) mass is 338 g/mol. The fourth-order valence-electron chi connectivity index (χ4n) is 2.31. The molecule has 5 nitrogen and oxygen atoms in total. The lowest BCUT2D eigenvalue weighted by atomic mass is 10.1. The van der Waals surface area contributed by atoms with Gasteiger partial charge in [0.05, 0.1) is 33.5 Å². The summed E-state index contributed by atoms with van der Waals surface area (Å²) in [5, 5.41) is 8.74. The van der Waals surface area contributed by atoms with E-state index in [-0.39, 0.29) is 5.78 Å². The maximum atomic E-state index is 12.5. The summed E-state index contributed by atoms with van der Waals surface area (Å²) >= 11 is 3.53. The molecule has 0 aliphatic carbocycles.